The fourth-order valence-corrected chi connectivity index (χ4v) is 3.22. The highest BCUT2D eigenvalue weighted by Crippen LogP contribution is 2.46. The van der Waals surface area contributed by atoms with Crippen LogP contribution in [0.3, 0.4) is 0 Å². The molecule has 1 saturated carbocycles. The average Bonchev–Trinajstić information content (AvgIpc) is 3.27. The number of fused-ring (bicyclic) bond motifs is 1. The van der Waals surface area contributed by atoms with Gasteiger partial charge in [0.1, 0.15) is 0 Å². The van der Waals surface area contributed by atoms with E-state index in [1.54, 1.807) is 0 Å². The zero-order valence-electron chi connectivity index (χ0n) is 11.7. The first kappa shape index (κ1) is 16.5. The van der Waals surface area contributed by atoms with E-state index in [9.17, 15) is 18.0 Å². The molecule has 1 fully saturated rings. The number of anilines is 1. The highest BCUT2D eigenvalue weighted by molar-refractivity contribution is 9.10. The van der Waals surface area contributed by atoms with Crippen LogP contribution in [0.2, 0.25) is 0 Å². The lowest BCUT2D eigenvalue weighted by atomic mass is 9.86. The summed E-state index contributed by atoms with van der Waals surface area (Å²) in [5, 5.41) is 4.37. The molecule has 1 atom stereocenters. The quantitative estimate of drug-likeness (QED) is 0.522. The molecule has 3 nitrogen and oxygen atoms in total. The van der Waals surface area contributed by atoms with Crippen LogP contribution in [0.15, 0.2) is 16.6 Å². The second kappa shape index (κ2) is 5.60. The van der Waals surface area contributed by atoms with Crippen molar-refractivity contribution in [1.82, 2.24) is 5.32 Å². The summed E-state index contributed by atoms with van der Waals surface area (Å²) in [7, 11) is 0. The highest BCUT2D eigenvalue weighted by Gasteiger charge is 2.59. The van der Waals surface area contributed by atoms with E-state index in [0.29, 0.717) is 10.0 Å². The van der Waals surface area contributed by atoms with Gasteiger partial charge in [-0.3, -0.25) is 0 Å². The van der Waals surface area contributed by atoms with E-state index in [-0.39, 0.29) is 23.0 Å². The molecule has 0 spiro atoms. The molecular formula is C15H11BrClF3N2O. The minimum atomic E-state index is -4.76. The number of urea groups is 1. The van der Waals surface area contributed by atoms with Gasteiger partial charge in [0.05, 0.1) is 0 Å². The van der Waals surface area contributed by atoms with Crippen LogP contribution in [0, 0.1) is 17.8 Å². The second-order valence-corrected chi connectivity index (χ2v) is 6.61. The predicted octanol–water partition coefficient (Wildman–Crippen LogP) is 4.49. The first-order valence-corrected chi connectivity index (χ1v) is 8.17. The fraction of sp³-hybridized carbons (Fsp3) is 0.400. The molecule has 0 aromatic heterocycles. The third kappa shape index (κ3) is 2.90. The maximum absolute atomic E-state index is 13.8. The number of halogens is 5. The number of nitrogens with one attached hydrogen (secondary N) is 2. The minimum absolute atomic E-state index is 0.0324. The van der Waals surface area contributed by atoms with E-state index in [0.717, 1.165) is 12.8 Å². The molecule has 0 radical (unpaired) electrons. The lowest BCUT2D eigenvalue weighted by molar-refractivity contribution is -0.178. The van der Waals surface area contributed by atoms with Gasteiger partial charge in [0.15, 0.2) is 0 Å². The molecular weight excluding hydrogens is 397 g/mol. The van der Waals surface area contributed by atoms with Crippen LogP contribution in [0.1, 0.15) is 24.0 Å². The largest absolute Gasteiger partial charge is 0.427 e. The molecule has 1 aliphatic heterocycles. The average molecular weight is 408 g/mol. The van der Waals surface area contributed by atoms with E-state index in [4.69, 9.17) is 11.6 Å². The van der Waals surface area contributed by atoms with Gasteiger partial charge < -0.3 is 10.6 Å². The van der Waals surface area contributed by atoms with E-state index >= 15 is 0 Å². The molecule has 1 aromatic carbocycles. The van der Waals surface area contributed by atoms with Gasteiger partial charge in [0.25, 0.3) is 0 Å². The van der Waals surface area contributed by atoms with Gasteiger partial charge in [-0.25, -0.2) is 4.79 Å². The van der Waals surface area contributed by atoms with E-state index in [2.05, 4.69) is 33.1 Å². The molecule has 1 aromatic rings. The molecule has 0 saturated heterocycles. The second-order valence-electron chi connectivity index (χ2n) is 5.49. The van der Waals surface area contributed by atoms with Crippen molar-refractivity contribution in [3.05, 3.63) is 27.7 Å². The van der Waals surface area contributed by atoms with Crippen LogP contribution in [0.25, 0.3) is 0 Å². The van der Waals surface area contributed by atoms with Crippen LogP contribution < -0.4 is 10.6 Å². The molecule has 23 heavy (non-hydrogen) atoms. The number of carbonyl (C=O) groups excluding carboxylic acids is 1. The third-order valence-corrected chi connectivity index (χ3v) is 4.78. The Balaban J connectivity index is 2.23. The van der Waals surface area contributed by atoms with Gasteiger partial charge in [0.2, 0.25) is 5.54 Å². The zero-order valence-corrected chi connectivity index (χ0v) is 14.0. The number of rotatable bonds is 1. The summed E-state index contributed by atoms with van der Waals surface area (Å²) in [6.07, 6.45) is -3.19. The van der Waals surface area contributed by atoms with Crippen molar-refractivity contribution in [2.75, 3.05) is 5.32 Å². The van der Waals surface area contributed by atoms with Gasteiger partial charge in [0, 0.05) is 27.5 Å². The van der Waals surface area contributed by atoms with E-state index in [1.807, 2.05) is 5.32 Å². The summed E-state index contributed by atoms with van der Waals surface area (Å²) in [5.74, 6) is 4.99. The van der Waals surface area contributed by atoms with Crippen molar-refractivity contribution in [2.24, 2.45) is 5.92 Å². The summed E-state index contributed by atoms with van der Waals surface area (Å²) in [4.78, 5) is 11.8. The van der Waals surface area contributed by atoms with E-state index < -0.39 is 17.7 Å². The van der Waals surface area contributed by atoms with Crippen LogP contribution in [0.4, 0.5) is 23.7 Å². The maximum atomic E-state index is 13.8. The molecule has 1 heterocycles. The molecule has 1 aliphatic carbocycles. The Labute approximate surface area is 144 Å². The first-order chi connectivity index (χ1) is 10.8. The SMILES string of the molecule is O=C1Nc2cc(CCl)c(Br)cc2[C@@](C#CC2CC2)(C(F)(F)F)N1. The molecule has 3 rings (SSSR count). The van der Waals surface area contributed by atoms with Crippen molar-refractivity contribution in [3.8, 4) is 11.8 Å². The summed E-state index contributed by atoms with van der Waals surface area (Å²) in [6, 6.07) is 1.81. The van der Waals surface area contributed by atoms with Crippen molar-refractivity contribution in [2.45, 2.75) is 30.4 Å². The van der Waals surface area contributed by atoms with Crippen LogP contribution in [-0.2, 0) is 11.4 Å². The van der Waals surface area contributed by atoms with Gasteiger partial charge in [-0.2, -0.15) is 13.2 Å². The number of hydrogen-bond donors (Lipinski definition) is 2. The minimum Gasteiger partial charge on any atom is -0.310 e. The number of carbonyl (C=O) groups is 1. The molecule has 2 amide bonds. The van der Waals surface area contributed by atoms with Crippen molar-refractivity contribution in [1.29, 1.82) is 0 Å². The van der Waals surface area contributed by atoms with Crippen molar-refractivity contribution < 1.29 is 18.0 Å². The smallest absolute Gasteiger partial charge is 0.310 e. The van der Waals surface area contributed by atoms with Crippen molar-refractivity contribution in [3.63, 3.8) is 0 Å². The fourth-order valence-electron chi connectivity index (χ4n) is 2.36. The molecule has 0 bridgehead atoms. The van der Waals surface area contributed by atoms with Crippen LogP contribution in [-0.4, -0.2) is 12.2 Å². The van der Waals surface area contributed by atoms with Crippen LogP contribution >= 0.6 is 27.5 Å². The number of amides is 2. The Morgan fingerprint density at radius 3 is 2.65 bits per heavy atom. The Bertz CT molecular complexity index is 737. The Morgan fingerprint density at radius 1 is 1.39 bits per heavy atom. The standard InChI is InChI=1S/C15H11BrClF3N2O/c16-11-6-10-12(5-9(11)7-17)21-13(23)22-14(10,15(18,19)20)4-3-8-1-2-8/h5-6,8H,1-2,7H2,(H2,21,22,23)/t14-/m0/s1. The normalized spacial score (nSPS) is 23.3. The van der Waals surface area contributed by atoms with Crippen molar-refractivity contribution >= 4 is 39.2 Å². The topological polar surface area (TPSA) is 41.1 Å². The maximum Gasteiger partial charge on any atom is 0.427 e. The van der Waals surface area contributed by atoms with E-state index in [1.165, 1.54) is 12.1 Å². The lowest BCUT2D eigenvalue weighted by Crippen LogP contribution is -2.59. The molecule has 122 valence electrons. The molecule has 0 unspecified atom stereocenters. The Kier molecular flexibility index (Phi) is 4.01. The van der Waals surface area contributed by atoms with Gasteiger partial charge in [-0.15, -0.1) is 11.6 Å². The number of hydrogen-bond acceptors (Lipinski definition) is 1. The molecule has 8 heteroatoms. The van der Waals surface area contributed by atoms with Crippen LogP contribution in [0.5, 0.6) is 0 Å². The summed E-state index contributed by atoms with van der Waals surface area (Å²) in [5.41, 5.74) is -2.21. The number of alkyl halides is 4. The van der Waals surface area contributed by atoms with Gasteiger partial charge >= 0.3 is 12.2 Å². The van der Waals surface area contributed by atoms with Gasteiger partial charge in [-0.05, 0) is 30.5 Å². The predicted molar refractivity (Wildman–Crippen MR) is 84.1 cm³/mol. The monoisotopic (exact) mass is 406 g/mol. The van der Waals surface area contributed by atoms with Gasteiger partial charge in [-0.1, -0.05) is 27.8 Å². The molecule has 2 N–H and O–H groups in total. The third-order valence-electron chi connectivity index (χ3n) is 3.75. The summed E-state index contributed by atoms with van der Waals surface area (Å²) < 4.78 is 42.0. The summed E-state index contributed by atoms with van der Waals surface area (Å²) >= 11 is 9.00. The first-order valence-electron chi connectivity index (χ1n) is 6.84. The Hall–Kier alpha value is -1.39. The number of benzene rings is 1. The highest BCUT2D eigenvalue weighted by atomic mass is 79.9. The summed E-state index contributed by atoms with van der Waals surface area (Å²) in [6.45, 7) is 0. The zero-order chi connectivity index (χ0) is 16.8. The molecule has 2 aliphatic rings. The Morgan fingerprint density at radius 2 is 2.09 bits per heavy atom. The lowest BCUT2D eigenvalue weighted by Gasteiger charge is -2.37.